The molecule has 1 atom stereocenters. The zero-order valence-corrected chi connectivity index (χ0v) is 22.1. The van der Waals surface area contributed by atoms with Crippen LogP contribution in [0.4, 0.5) is 0 Å². The lowest BCUT2D eigenvalue weighted by Crippen LogP contribution is -2.49. The van der Waals surface area contributed by atoms with Crippen LogP contribution in [0.25, 0.3) is 10.9 Å². The fraction of sp³-hybridized carbons (Fsp3) is 0.429. The van der Waals surface area contributed by atoms with Crippen molar-refractivity contribution < 1.29 is 4.74 Å². The number of nitrogens with zero attached hydrogens (tertiary/aromatic N) is 6. The van der Waals surface area contributed by atoms with Gasteiger partial charge in [0.15, 0.2) is 5.82 Å². The molecule has 2 aromatic heterocycles. The lowest BCUT2D eigenvalue weighted by atomic mass is 10.00. The number of pyridine rings is 1. The van der Waals surface area contributed by atoms with Crippen LogP contribution in [0.15, 0.2) is 47.3 Å². The van der Waals surface area contributed by atoms with Crippen molar-refractivity contribution in [1.82, 2.24) is 35.0 Å². The molecule has 5 rings (SSSR count). The number of aromatic amines is 1. The molecule has 0 saturated carbocycles. The van der Waals surface area contributed by atoms with Crippen LogP contribution in [0.1, 0.15) is 47.5 Å². The number of hydrogen-bond acceptors (Lipinski definition) is 7. The summed E-state index contributed by atoms with van der Waals surface area (Å²) < 4.78 is 7.11. The van der Waals surface area contributed by atoms with E-state index in [1.165, 1.54) is 0 Å². The summed E-state index contributed by atoms with van der Waals surface area (Å²) in [6.07, 6.45) is 1.13. The van der Waals surface area contributed by atoms with Crippen molar-refractivity contribution in [1.29, 1.82) is 0 Å². The minimum Gasteiger partial charge on any atom is -0.497 e. The van der Waals surface area contributed by atoms with Gasteiger partial charge in [-0.2, -0.15) is 0 Å². The Morgan fingerprint density at radius 3 is 2.51 bits per heavy atom. The van der Waals surface area contributed by atoms with Crippen LogP contribution in [0.2, 0.25) is 0 Å². The first kappa shape index (κ1) is 25.1. The fourth-order valence-electron chi connectivity index (χ4n) is 5.39. The maximum Gasteiger partial charge on any atom is 0.253 e. The third-order valence-electron chi connectivity index (χ3n) is 7.22. The highest BCUT2D eigenvalue weighted by molar-refractivity contribution is 5.83. The Morgan fingerprint density at radius 2 is 1.81 bits per heavy atom. The number of nitrogens with one attached hydrogen (secondary N) is 1. The summed E-state index contributed by atoms with van der Waals surface area (Å²) in [5.74, 6) is 1.48. The highest BCUT2D eigenvalue weighted by atomic mass is 16.5. The number of hydrogen-bond donors (Lipinski definition) is 1. The number of aromatic nitrogens is 5. The maximum atomic E-state index is 13.6. The van der Waals surface area contributed by atoms with Gasteiger partial charge in [0.25, 0.3) is 5.56 Å². The fourth-order valence-corrected chi connectivity index (χ4v) is 5.39. The first-order chi connectivity index (χ1) is 18.0. The number of rotatable bonds is 8. The van der Waals surface area contributed by atoms with E-state index >= 15 is 0 Å². The third-order valence-corrected chi connectivity index (χ3v) is 7.22. The molecule has 37 heavy (non-hydrogen) atoms. The van der Waals surface area contributed by atoms with Crippen molar-refractivity contribution in [2.45, 2.75) is 39.8 Å². The highest BCUT2D eigenvalue weighted by Crippen LogP contribution is 2.29. The van der Waals surface area contributed by atoms with Gasteiger partial charge >= 0.3 is 0 Å². The molecule has 0 spiro atoms. The Labute approximate surface area is 217 Å². The van der Waals surface area contributed by atoms with Gasteiger partial charge in [-0.1, -0.05) is 30.7 Å². The van der Waals surface area contributed by atoms with Gasteiger partial charge in [0.1, 0.15) is 11.8 Å². The molecule has 2 aromatic carbocycles. The summed E-state index contributed by atoms with van der Waals surface area (Å²) in [4.78, 5) is 21.6. The Bertz CT molecular complexity index is 1420. The predicted molar refractivity (Wildman–Crippen MR) is 144 cm³/mol. The van der Waals surface area contributed by atoms with Crippen LogP contribution in [-0.4, -0.2) is 74.8 Å². The smallest absolute Gasteiger partial charge is 0.253 e. The molecule has 0 bridgehead atoms. The van der Waals surface area contributed by atoms with E-state index in [0.29, 0.717) is 17.9 Å². The van der Waals surface area contributed by atoms with E-state index < -0.39 is 0 Å². The molecule has 194 valence electrons. The van der Waals surface area contributed by atoms with Gasteiger partial charge in [-0.15, -0.1) is 5.10 Å². The normalized spacial score (nSPS) is 15.8. The molecule has 1 aliphatic rings. The standard InChI is InChI=1S/C28H35N7O2/c1-5-10-33-11-13-34(14-12-33)26(24-17-22-16-19(2)15-20(3)25(22)29-28(24)36)27-30-31-32-35(27)18-21-6-8-23(37-4)9-7-21/h6-9,15-17,26H,5,10-14,18H2,1-4H3,(H,29,36)/t26-/m0/s1. The predicted octanol–water partition coefficient (Wildman–Crippen LogP) is 3.31. The highest BCUT2D eigenvalue weighted by Gasteiger charge is 2.32. The number of ether oxygens (including phenoxy) is 1. The lowest BCUT2D eigenvalue weighted by Gasteiger charge is -2.38. The first-order valence-electron chi connectivity index (χ1n) is 13.0. The summed E-state index contributed by atoms with van der Waals surface area (Å²) in [6.45, 7) is 11.5. The summed E-state index contributed by atoms with van der Waals surface area (Å²) in [7, 11) is 1.66. The monoisotopic (exact) mass is 501 g/mol. The largest absolute Gasteiger partial charge is 0.497 e. The van der Waals surface area contributed by atoms with Crippen molar-refractivity contribution in [2.75, 3.05) is 39.8 Å². The Morgan fingerprint density at radius 1 is 1.05 bits per heavy atom. The summed E-state index contributed by atoms with van der Waals surface area (Å²) in [5.41, 5.74) is 4.74. The number of aryl methyl sites for hydroxylation is 2. The summed E-state index contributed by atoms with van der Waals surface area (Å²) in [6, 6.07) is 13.8. The van der Waals surface area contributed by atoms with E-state index in [9.17, 15) is 4.79 Å². The van der Waals surface area contributed by atoms with Gasteiger partial charge in [-0.3, -0.25) is 9.69 Å². The molecule has 0 amide bonds. The molecule has 0 unspecified atom stereocenters. The van der Waals surface area contributed by atoms with Gasteiger partial charge in [0, 0.05) is 31.7 Å². The van der Waals surface area contributed by atoms with Gasteiger partial charge in [-0.25, -0.2) is 4.68 Å². The molecule has 1 saturated heterocycles. The minimum atomic E-state index is -0.356. The molecule has 1 N–H and O–H groups in total. The van der Waals surface area contributed by atoms with E-state index in [2.05, 4.69) is 56.3 Å². The number of H-pyrrole nitrogens is 1. The first-order valence-corrected chi connectivity index (χ1v) is 13.0. The average molecular weight is 502 g/mol. The molecular formula is C28H35N7O2. The van der Waals surface area contributed by atoms with Gasteiger partial charge in [-0.05, 0) is 78.0 Å². The second kappa shape index (κ2) is 10.8. The van der Waals surface area contributed by atoms with Crippen LogP contribution in [0.3, 0.4) is 0 Å². The number of tetrazole rings is 1. The maximum absolute atomic E-state index is 13.6. The molecule has 9 heteroatoms. The van der Waals surface area contributed by atoms with Crippen LogP contribution in [0.5, 0.6) is 5.75 Å². The number of methoxy groups -OCH3 is 1. The zero-order valence-electron chi connectivity index (χ0n) is 22.1. The van der Waals surface area contributed by atoms with Gasteiger partial charge in [0.05, 0.1) is 19.2 Å². The molecule has 1 aliphatic heterocycles. The Kier molecular flexibility index (Phi) is 7.34. The molecule has 0 radical (unpaired) electrons. The van der Waals surface area contributed by atoms with Crippen LogP contribution in [0, 0.1) is 13.8 Å². The molecule has 3 heterocycles. The van der Waals surface area contributed by atoms with E-state index in [1.54, 1.807) is 7.11 Å². The van der Waals surface area contributed by atoms with Crippen LogP contribution < -0.4 is 10.3 Å². The zero-order chi connectivity index (χ0) is 25.9. The Balaban J connectivity index is 1.57. The van der Waals surface area contributed by atoms with E-state index in [-0.39, 0.29) is 11.6 Å². The molecular weight excluding hydrogens is 466 g/mol. The average Bonchev–Trinajstić information content (AvgIpc) is 3.34. The Hall–Kier alpha value is -3.56. The van der Waals surface area contributed by atoms with Crippen LogP contribution in [-0.2, 0) is 6.54 Å². The van der Waals surface area contributed by atoms with E-state index in [4.69, 9.17) is 4.74 Å². The SMILES string of the molecule is CCCN1CCN([C@@H](c2cc3cc(C)cc(C)c3[nH]c2=O)c2nnnn2Cc2ccc(OC)cc2)CC1. The van der Waals surface area contributed by atoms with Gasteiger partial charge in [0.2, 0.25) is 0 Å². The van der Waals surface area contributed by atoms with Crippen molar-refractivity contribution in [3.05, 3.63) is 80.9 Å². The minimum absolute atomic E-state index is 0.0977. The van der Waals surface area contributed by atoms with Gasteiger partial charge < -0.3 is 14.6 Å². The molecule has 9 nitrogen and oxygen atoms in total. The lowest BCUT2D eigenvalue weighted by molar-refractivity contribution is 0.104. The van der Waals surface area contributed by atoms with Crippen LogP contribution >= 0.6 is 0 Å². The topological polar surface area (TPSA) is 92.2 Å². The quantitative estimate of drug-likeness (QED) is 0.396. The van der Waals surface area contributed by atoms with E-state index in [1.807, 2.05) is 41.9 Å². The van der Waals surface area contributed by atoms with Crippen molar-refractivity contribution >= 4 is 10.9 Å². The molecule has 0 aliphatic carbocycles. The van der Waals surface area contributed by atoms with E-state index in [0.717, 1.165) is 72.5 Å². The summed E-state index contributed by atoms with van der Waals surface area (Å²) in [5, 5.41) is 13.9. The second-order valence-corrected chi connectivity index (χ2v) is 9.92. The third kappa shape index (κ3) is 5.28. The molecule has 1 fully saturated rings. The van der Waals surface area contributed by atoms with Crippen molar-refractivity contribution in [3.8, 4) is 5.75 Å². The number of benzene rings is 2. The molecule has 4 aromatic rings. The summed E-state index contributed by atoms with van der Waals surface area (Å²) >= 11 is 0. The number of fused-ring (bicyclic) bond motifs is 1. The van der Waals surface area contributed by atoms with Crippen molar-refractivity contribution in [3.63, 3.8) is 0 Å². The number of piperazine rings is 1. The second-order valence-electron chi connectivity index (χ2n) is 9.92. The van der Waals surface area contributed by atoms with Crippen molar-refractivity contribution in [2.24, 2.45) is 0 Å².